The minimum absolute atomic E-state index is 0.234. The summed E-state index contributed by atoms with van der Waals surface area (Å²) in [6.45, 7) is 0.234. The predicted octanol–water partition coefficient (Wildman–Crippen LogP) is 2.23. The van der Waals surface area contributed by atoms with Crippen molar-refractivity contribution in [1.29, 1.82) is 0 Å². The second-order valence-corrected chi connectivity index (χ2v) is 4.48. The lowest BCUT2D eigenvalue weighted by molar-refractivity contribution is -0.137. The average molecular weight is 291 g/mol. The maximum Gasteiger partial charge on any atom is 0.305 e. The number of nitrogens with one attached hydrogen (secondary N) is 1. The Morgan fingerprint density at radius 1 is 1.24 bits per heavy atom. The van der Waals surface area contributed by atoms with Crippen molar-refractivity contribution in [3.8, 4) is 0 Å². The van der Waals surface area contributed by atoms with E-state index in [4.69, 9.17) is 9.52 Å². The van der Waals surface area contributed by atoms with Crippen LogP contribution in [0.5, 0.6) is 0 Å². The molecule has 21 heavy (non-hydrogen) atoms. The number of benzene rings is 1. The zero-order chi connectivity index (χ0) is 15.2. The van der Waals surface area contributed by atoms with Gasteiger partial charge in [0.15, 0.2) is 5.78 Å². The molecule has 1 atom stereocenters. The van der Waals surface area contributed by atoms with E-state index in [1.54, 1.807) is 12.1 Å². The van der Waals surface area contributed by atoms with Crippen molar-refractivity contribution in [2.75, 3.05) is 0 Å². The fraction of sp³-hybridized carbons (Fsp3) is 0.200. The maximum atomic E-state index is 12.9. The number of ketones is 1. The molecule has 110 valence electrons. The van der Waals surface area contributed by atoms with E-state index in [0.717, 1.165) is 12.1 Å². The molecular formula is C15H14FNO4. The van der Waals surface area contributed by atoms with Gasteiger partial charge >= 0.3 is 5.97 Å². The second-order valence-electron chi connectivity index (χ2n) is 4.48. The molecule has 0 radical (unpaired) electrons. The molecule has 0 aliphatic rings. The van der Waals surface area contributed by atoms with E-state index in [2.05, 4.69) is 5.32 Å². The highest BCUT2D eigenvalue weighted by molar-refractivity contribution is 6.01. The molecular weight excluding hydrogens is 277 g/mol. The summed E-state index contributed by atoms with van der Waals surface area (Å²) in [5, 5.41) is 11.8. The number of carbonyl (C=O) groups is 2. The lowest BCUT2D eigenvalue weighted by Gasteiger charge is -2.15. The molecule has 0 saturated carbocycles. The quantitative estimate of drug-likeness (QED) is 0.765. The molecule has 1 heterocycles. The Balaban J connectivity index is 2.08. The van der Waals surface area contributed by atoms with Gasteiger partial charge in [0.2, 0.25) is 0 Å². The standard InChI is InChI=1S/C15H14FNO4/c16-11-5-3-10(4-6-11)15(20)13(8-14(18)19)17-9-12-2-1-7-21-12/h1-7,13,17H,8-9H2,(H,18,19). The highest BCUT2D eigenvalue weighted by Crippen LogP contribution is 2.10. The molecule has 1 aromatic carbocycles. The molecule has 0 bridgehead atoms. The third-order valence-corrected chi connectivity index (χ3v) is 2.93. The van der Waals surface area contributed by atoms with E-state index in [1.165, 1.54) is 18.4 Å². The summed E-state index contributed by atoms with van der Waals surface area (Å²) in [7, 11) is 0. The molecule has 0 fully saturated rings. The van der Waals surface area contributed by atoms with Gasteiger partial charge in [0.25, 0.3) is 0 Å². The molecule has 1 unspecified atom stereocenters. The smallest absolute Gasteiger partial charge is 0.305 e. The van der Waals surface area contributed by atoms with E-state index in [1.807, 2.05) is 0 Å². The molecule has 0 spiro atoms. The molecule has 2 aromatic rings. The fourth-order valence-corrected chi connectivity index (χ4v) is 1.88. The largest absolute Gasteiger partial charge is 0.481 e. The Hall–Kier alpha value is -2.47. The third-order valence-electron chi connectivity index (χ3n) is 2.93. The molecule has 5 nitrogen and oxygen atoms in total. The van der Waals surface area contributed by atoms with Crippen LogP contribution in [0.25, 0.3) is 0 Å². The number of aliphatic carboxylic acids is 1. The zero-order valence-electron chi connectivity index (χ0n) is 11.1. The number of rotatable bonds is 7. The molecule has 2 N–H and O–H groups in total. The Morgan fingerprint density at radius 3 is 2.52 bits per heavy atom. The van der Waals surface area contributed by atoms with Crippen LogP contribution in [-0.2, 0) is 11.3 Å². The topological polar surface area (TPSA) is 79.5 Å². The Kier molecular flexibility index (Phi) is 4.84. The van der Waals surface area contributed by atoms with Crippen molar-refractivity contribution in [1.82, 2.24) is 5.32 Å². The van der Waals surface area contributed by atoms with Crippen molar-refractivity contribution >= 4 is 11.8 Å². The first-order valence-corrected chi connectivity index (χ1v) is 6.33. The van der Waals surface area contributed by atoms with E-state index >= 15 is 0 Å². The molecule has 1 aromatic heterocycles. The van der Waals surface area contributed by atoms with Gasteiger partial charge in [-0.1, -0.05) is 0 Å². The summed E-state index contributed by atoms with van der Waals surface area (Å²) in [6.07, 6.45) is 1.13. The minimum atomic E-state index is -1.09. The van der Waals surface area contributed by atoms with Gasteiger partial charge in [-0.15, -0.1) is 0 Å². The third kappa shape index (κ3) is 4.25. The molecule has 0 saturated heterocycles. The maximum absolute atomic E-state index is 12.9. The van der Waals surface area contributed by atoms with Crippen LogP contribution in [0.2, 0.25) is 0 Å². The lowest BCUT2D eigenvalue weighted by atomic mass is 10.0. The van der Waals surface area contributed by atoms with Crippen LogP contribution in [0.15, 0.2) is 47.1 Å². The fourth-order valence-electron chi connectivity index (χ4n) is 1.88. The minimum Gasteiger partial charge on any atom is -0.481 e. The summed E-state index contributed by atoms with van der Waals surface area (Å²) in [6, 6.07) is 7.51. The monoisotopic (exact) mass is 291 g/mol. The Bertz CT molecular complexity index is 607. The van der Waals surface area contributed by atoms with Crippen molar-refractivity contribution < 1.29 is 23.5 Å². The number of hydrogen-bond acceptors (Lipinski definition) is 4. The van der Waals surface area contributed by atoms with Crippen LogP contribution in [-0.4, -0.2) is 22.9 Å². The average Bonchev–Trinajstić information content (AvgIpc) is 2.96. The summed E-state index contributed by atoms with van der Waals surface area (Å²) in [5.74, 6) is -1.35. The summed E-state index contributed by atoms with van der Waals surface area (Å²) in [4.78, 5) is 23.2. The van der Waals surface area contributed by atoms with Crippen molar-refractivity contribution in [2.45, 2.75) is 19.0 Å². The first-order chi connectivity index (χ1) is 10.1. The van der Waals surface area contributed by atoms with Crippen LogP contribution in [0, 0.1) is 5.82 Å². The van der Waals surface area contributed by atoms with Crippen molar-refractivity contribution in [2.24, 2.45) is 0 Å². The van der Waals surface area contributed by atoms with Crippen LogP contribution >= 0.6 is 0 Å². The van der Waals surface area contributed by atoms with Crippen LogP contribution in [0.1, 0.15) is 22.5 Å². The van der Waals surface area contributed by atoms with E-state index in [9.17, 15) is 14.0 Å². The highest BCUT2D eigenvalue weighted by Gasteiger charge is 2.22. The van der Waals surface area contributed by atoms with Gasteiger partial charge < -0.3 is 9.52 Å². The number of Topliss-reactive ketones (excluding diaryl/α,β-unsaturated/α-hetero) is 1. The number of carboxylic acids is 1. The molecule has 0 aliphatic heterocycles. The van der Waals surface area contributed by atoms with E-state index in [-0.39, 0.29) is 18.5 Å². The van der Waals surface area contributed by atoms with Crippen molar-refractivity contribution in [3.05, 3.63) is 59.8 Å². The number of hydrogen-bond donors (Lipinski definition) is 2. The Morgan fingerprint density at radius 2 is 1.95 bits per heavy atom. The number of furan rings is 1. The lowest BCUT2D eigenvalue weighted by Crippen LogP contribution is -2.38. The second kappa shape index (κ2) is 6.81. The molecule has 0 aliphatic carbocycles. The van der Waals surface area contributed by atoms with Gasteiger partial charge in [-0.2, -0.15) is 0 Å². The zero-order valence-corrected chi connectivity index (χ0v) is 11.1. The Labute approximate surface area is 120 Å². The normalized spacial score (nSPS) is 12.0. The number of carbonyl (C=O) groups excluding carboxylic acids is 1. The molecule has 0 amide bonds. The van der Waals surface area contributed by atoms with Crippen LogP contribution in [0.3, 0.4) is 0 Å². The van der Waals surface area contributed by atoms with Gasteiger partial charge in [0.1, 0.15) is 11.6 Å². The number of carboxylic acid groups (broad SMARTS) is 1. The first-order valence-electron chi connectivity index (χ1n) is 6.33. The van der Waals surface area contributed by atoms with Crippen LogP contribution in [0.4, 0.5) is 4.39 Å². The van der Waals surface area contributed by atoms with E-state index in [0.29, 0.717) is 5.76 Å². The van der Waals surface area contributed by atoms with Gasteiger partial charge in [-0.25, -0.2) is 4.39 Å². The number of halogens is 1. The van der Waals surface area contributed by atoms with E-state index < -0.39 is 23.6 Å². The first kappa shape index (κ1) is 14.9. The highest BCUT2D eigenvalue weighted by atomic mass is 19.1. The molecule has 2 rings (SSSR count). The summed E-state index contributed by atoms with van der Waals surface area (Å²) in [5.41, 5.74) is 0.259. The van der Waals surface area contributed by atoms with Gasteiger partial charge in [0.05, 0.1) is 25.3 Å². The predicted molar refractivity (Wildman–Crippen MR) is 72.3 cm³/mol. The summed E-state index contributed by atoms with van der Waals surface area (Å²) < 4.78 is 18.0. The van der Waals surface area contributed by atoms with Gasteiger partial charge in [-0.05, 0) is 36.4 Å². The summed E-state index contributed by atoms with van der Waals surface area (Å²) >= 11 is 0. The SMILES string of the molecule is O=C(O)CC(NCc1ccco1)C(=O)c1ccc(F)cc1. The van der Waals surface area contributed by atoms with Gasteiger partial charge in [0, 0.05) is 5.56 Å². The van der Waals surface area contributed by atoms with Crippen molar-refractivity contribution in [3.63, 3.8) is 0 Å². The van der Waals surface area contributed by atoms with Crippen LogP contribution < -0.4 is 5.32 Å². The molecule has 6 heteroatoms. The van der Waals surface area contributed by atoms with Gasteiger partial charge in [-0.3, -0.25) is 14.9 Å².